The summed E-state index contributed by atoms with van der Waals surface area (Å²) in [7, 11) is -3.46. The molecule has 1 aliphatic rings. The summed E-state index contributed by atoms with van der Waals surface area (Å²) in [6.45, 7) is 4.36. The molecule has 6 heteroatoms. The number of aliphatic hydroxyl groups excluding tert-OH is 1. The molecule has 2 N–H and O–H groups in total. The van der Waals surface area contributed by atoms with E-state index in [-0.39, 0.29) is 11.5 Å². The van der Waals surface area contributed by atoms with E-state index in [0.29, 0.717) is 24.2 Å². The number of nitrogens with one attached hydrogen (secondary N) is 1. The van der Waals surface area contributed by atoms with Crippen LogP contribution in [0.5, 0.6) is 0 Å². The average Bonchev–Trinajstić information content (AvgIpc) is 3.14. The topological polar surface area (TPSA) is 71.3 Å². The third-order valence-corrected chi connectivity index (χ3v) is 5.03. The molecule has 1 heterocycles. The van der Waals surface area contributed by atoms with Gasteiger partial charge in [-0.25, -0.2) is 13.1 Å². The summed E-state index contributed by atoms with van der Waals surface area (Å²) >= 11 is 0. The van der Waals surface area contributed by atoms with Crippen molar-refractivity contribution in [2.75, 3.05) is 6.54 Å². The van der Waals surface area contributed by atoms with Gasteiger partial charge in [-0.2, -0.15) is 0 Å². The summed E-state index contributed by atoms with van der Waals surface area (Å²) < 4.78 is 28.9. The van der Waals surface area contributed by atoms with Gasteiger partial charge in [-0.05, 0) is 24.8 Å². The summed E-state index contributed by atoms with van der Waals surface area (Å²) in [4.78, 5) is 0.256. The van der Waals surface area contributed by atoms with Gasteiger partial charge in [-0.3, -0.25) is 0 Å². The lowest BCUT2D eigenvalue weighted by molar-refractivity contribution is 0.270. The highest BCUT2D eigenvalue weighted by Crippen LogP contribution is 2.37. The Labute approximate surface area is 114 Å². The van der Waals surface area contributed by atoms with Crippen LogP contribution in [0.4, 0.5) is 0 Å². The molecule has 1 fully saturated rings. The van der Waals surface area contributed by atoms with Gasteiger partial charge in [-0.15, -0.1) is 0 Å². The van der Waals surface area contributed by atoms with Crippen LogP contribution in [0.15, 0.2) is 17.2 Å². The van der Waals surface area contributed by atoms with Gasteiger partial charge in [0.25, 0.3) is 0 Å². The molecule has 0 spiro atoms. The Hall–Kier alpha value is -0.850. The number of rotatable bonds is 7. The SMILES string of the molecule is CCC(C)CNS(=O)(=O)c1cc(CO)n(C2CC2)c1. The summed E-state index contributed by atoms with van der Waals surface area (Å²) in [5, 5.41) is 9.29. The molecule has 0 amide bonds. The van der Waals surface area contributed by atoms with Gasteiger partial charge in [0.15, 0.2) is 0 Å². The van der Waals surface area contributed by atoms with Crippen LogP contribution in [0.2, 0.25) is 0 Å². The molecule has 1 aromatic rings. The van der Waals surface area contributed by atoms with Crippen molar-refractivity contribution >= 4 is 10.0 Å². The van der Waals surface area contributed by atoms with Crippen molar-refractivity contribution < 1.29 is 13.5 Å². The van der Waals surface area contributed by atoms with E-state index in [1.165, 1.54) is 0 Å². The lowest BCUT2D eigenvalue weighted by atomic mass is 10.1. The minimum atomic E-state index is -3.46. The molecule has 1 unspecified atom stereocenters. The maximum atomic E-state index is 12.2. The van der Waals surface area contributed by atoms with Crippen LogP contribution in [-0.4, -0.2) is 24.6 Å². The normalized spacial score (nSPS) is 17.6. The highest BCUT2D eigenvalue weighted by atomic mass is 32.2. The van der Waals surface area contributed by atoms with Crippen molar-refractivity contribution in [3.05, 3.63) is 18.0 Å². The average molecular weight is 286 g/mol. The molecular weight excluding hydrogens is 264 g/mol. The molecule has 1 aromatic heterocycles. The van der Waals surface area contributed by atoms with Crippen molar-refractivity contribution in [2.45, 2.75) is 50.7 Å². The van der Waals surface area contributed by atoms with E-state index >= 15 is 0 Å². The molecule has 0 saturated heterocycles. The summed E-state index contributed by atoms with van der Waals surface area (Å²) in [5.41, 5.74) is 0.673. The van der Waals surface area contributed by atoms with Crippen molar-refractivity contribution in [1.29, 1.82) is 0 Å². The van der Waals surface area contributed by atoms with E-state index in [1.807, 2.05) is 18.4 Å². The molecule has 1 saturated carbocycles. The van der Waals surface area contributed by atoms with Gasteiger partial charge in [0.05, 0.1) is 11.5 Å². The van der Waals surface area contributed by atoms with E-state index in [1.54, 1.807) is 12.3 Å². The Bertz CT molecular complexity index is 532. The Morgan fingerprint density at radius 2 is 2.21 bits per heavy atom. The Balaban J connectivity index is 2.15. The molecule has 5 nitrogen and oxygen atoms in total. The fourth-order valence-electron chi connectivity index (χ4n) is 1.94. The summed E-state index contributed by atoms with van der Waals surface area (Å²) in [6, 6.07) is 1.93. The van der Waals surface area contributed by atoms with Crippen molar-refractivity contribution in [3.63, 3.8) is 0 Å². The van der Waals surface area contributed by atoms with Crippen LogP contribution >= 0.6 is 0 Å². The van der Waals surface area contributed by atoms with Gasteiger partial charge < -0.3 is 9.67 Å². The molecule has 0 aromatic carbocycles. The molecule has 108 valence electrons. The lowest BCUT2D eigenvalue weighted by Gasteiger charge is -2.09. The minimum absolute atomic E-state index is 0.128. The first-order valence-electron chi connectivity index (χ1n) is 6.79. The third kappa shape index (κ3) is 3.38. The molecule has 0 aliphatic heterocycles. The third-order valence-electron chi connectivity index (χ3n) is 3.64. The fourth-order valence-corrected chi connectivity index (χ4v) is 3.16. The molecule has 0 radical (unpaired) electrons. The fraction of sp³-hybridized carbons (Fsp3) is 0.692. The zero-order valence-corrected chi connectivity index (χ0v) is 12.3. The molecule has 0 bridgehead atoms. The highest BCUT2D eigenvalue weighted by molar-refractivity contribution is 7.89. The number of aromatic nitrogens is 1. The van der Waals surface area contributed by atoms with Crippen LogP contribution in [0, 0.1) is 5.92 Å². The molecule has 1 aliphatic carbocycles. The minimum Gasteiger partial charge on any atom is -0.390 e. The van der Waals surface area contributed by atoms with E-state index < -0.39 is 10.0 Å². The smallest absolute Gasteiger partial charge is 0.242 e. The number of hydrogen-bond donors (Lipinski definition) is 2. The Kier molecular flexibility index (Phi) is 4.32. The standard InChI is InChI=1S/C13H22N2O3S/c1-3-10(2)7-14-19(17,18)13-6-12(9-16)15(8-13)11-4-5-11/h6,8,10-11,14,16H,3-5,7,9H2,1-2H3. The van der Waals surface area contributed by atoms with Gasteiger partial charge in [0.1, 0.15) is 0 Å². The molecule has 19 heavy (non-hydrogen) atoms. The Morgan fingerprint density at radius 3 is 2.74 bits per heavy atom. The second-order valence-corrected chi connectivity index (χ2v) is 7.10. The van der Waals surface area contributed by atoms with Crippen LogP contribution in [0.3, 0.4) is 0 Å². The summed E-state index contributed by atoms with van der Waals surface area (Å²) in [5.74, 6) is 0.317. The van der Waals surface area contributed by atoms with Crippen molar-refractivity contribution in [2.24, 2.45) is 5.92 Å². The quantitative estimate of drug-likeness (QED) is 0.800. The zero-order chi connectivity index (χ0) is 14.0. The number of sulfonamides is 1. The van der Waals surface area contributed by atoms with Gasteiger partial charge in [0.2, 0.25) is 10.0 Å². The van der Waals surface area contributed by atoms with Crippen molar-refractivity contribution in [1.82, 2.24) is 9.29 Å². The van der Waals surface area contributed by atoms with Crippen LogP contribution in [-0.2, 0) is 16.6 Å². The maximum Gasteiger partial charge on any atom is 0.242 e. The van der Waals surface area contributed by atoms with Gasteiger partial charge in [-0.1, -0.05) is 20.3 Å². The van der Waals surface area contributed by atoms with Gasteiger partial charge in [0, 0.05) is 24.5 Å². The largest absolute Gasteiger partial charge is 0.390 e. The molecule has 1 atom stereocenters. The van der Waals surface area contributed by atoms with Crippen molar-refractivity contribution in [3.8, 4) is 0 Å². The van der Waals surface area contributed by atoms with E-state index in [9.17, 15) is 13.5 Å². The molecule has 2 rings (SSSR count). The van der Waals surface area contributed by atoms with Crippen LogP contribution in [0.25, 0.3) is 0 Å². The monoisotopic (exact) mass is 286 g/mol. The predicted octanol–water partition coefficient (Wildman–Crippen LogP) is 1.64. The second kappa shape index (κ2) is 5.64. The van der Waals surface area contributed by atoms with E-state index in [4.69, 9.17) is 0 Å². The first-order chi connectivity index (χ1) is 8.97. The highest BCUT2D eigenvalue weighted by Gasteiger charge is 2.28. The summed E-state index contributed by atoms with van der Waals surface area (Å²) in [6.07, 6.45) is 4.69. The molecular formula is C13H22N2O3S. The lowest BCUT2D eigenvalue weighted by Crippen LogP contribution is -2.28. The van der Waals surface area contributed by atoms with E-state index in [0.717, 1.165) is 19.3 Å². The number of nitrogens with zero attached hydrogens (tertiary/aromatic N) is 1. The maximum absolute atomic E-state index is 12.2. The first-order valence-corrected chi connectivity index (χ1v) is 8.27. The number of aliphatic hydroxyl groups is 1. The Morgan fingerprint density at radius 1 is 1.53 bits per heavy atom. The zero-order valence-electron chi connectivity index (χ0n) is 11.5. The van der Waals surface area contributed by atoms with Crippen LogP contribution in [0.1, 0.15) is 44.8 Å². The second-order valence-electron chi connectivity index (χ2n) is 5.33. The predicted molar refractivity (Wildman–Crippen MR) is 73.3 cm³/mol. The van der Waals surface area contributed by atoms with Gasteiger partial charge >= 0.3 is 0 Å². The number of hydrogen-bond acceptors (Lipinski definition) is 3. The first kappa shape index (κ1) is 14.6. The van der Waals surface area contributed by atoms with E-state index in [2.05, 4.69) is 4.72 Å². The van der Waals surface area contributed by atoms with Crippen LogP contribution < -0.4 is 4.72 Å².